The normalized spacial score (nSPS) is 16.3. The first-order chi connectivity index (χ1) is 14.0. The highest BCUT2D eigenvalue weighted by molar-refractivity contribution is 6.17. The number of carbonyl (C=O) groups is 2. The Kier molecular flexibility index (Phi) is 7.61. The first-order valence-electron chi connectivity index (χ1n) is 8.95. The maximum Gasteiger partial charge on any atom is 0.422 e. The molecule has 0 bridgehead atoms. The summed E-state index contributed by atoms with van der Waals surface area (Å²) in [5.41, 5.74) is 11.6. The molecule has 1 heterocycles. The lowest BCUT2D eigenvalue weighted by Crippen LogP contribution is -2.70. The van der Waals surface area contributed by atoms with Crippen LogP contribution in [-0.2, 0) is 9.53 Å². The average Bonchev–Trinajstić information content (AvgIpc) is 2.67. The number of nitrogens with one attached hydrogen (secondary N) is 2. The Labute approximate surface area is 169 Å². The van der Waals surface area contributed by atoms with Crippen LogP contribution < -0.4 is 21.8 Å². The van der Waals surface area contributed by atoms with Gasteiger partial charge in [0.1, 0.15) is 17.1 Å². The fourth-order valence-electron chi connectivity index (χ4n) is 2.70. The molecule has 1 aliphatic rings. The van der Waals surface area contributed by atoms with E-state index in [0.29, 0.717) is 18.5 Å². The molecule has 0 saturated carbocycles. The van der Waals surface area contributed by atoms with Gasteiger partial charge in [-0.3, -0.25) is 10.5 Å². The first-order valence-corrected chi connectivity index (χ1v) is 8.95. The Morgan fingerprint density at radius 1 is 1.20 bits per heavy atom. The van der Waals surface area contributed by atoms with Crippen molar-refractivity contribution in [2.24, 2.45) is 11.5 Å². The molecule has 1 aromatic rings. The molecule has 2 rings (SSSR count). The van der Waals surface area contributed by atoms with E-state index >= 15 is 0 Å². The molecule has 0 unspecified atom stereocenters. The van der Waals surface area contributed by atoms with Gasteiger partial charge in [-0.15, -0.1) is 0 Å². The zero-order chi connectivity index (χ0) is 22.3. The number of nitrogens with two attached hydrogens (primary N) is 2. The van der Waals surface area contributed by atoms with Crippen molar-refractivity contribution in [2.45, 2.75) is 25.1 Å². The Balaban J connectivity index is 1.92. The van der Waals surface area contributed by atoms with Crippen molar-refractivity contribution in [1.29, 1.82) is 0 Å². The minimum Gasteiger partial charge on any atom is -0.440 e. The molecule has 2 amide bonds. The molecule has 6 N–H and O–H groups in total. The van der Waals surface area contributed by atoms with Crippen molar-refractivity contribution in [3.05, 3.63) is 41.9 Å². The van der Waals surface area contributed by atoms with Gasteiger partial charge in [0.25, 0.3) is 11.7 Å². The van der Waals surface area contributed by atoms with E-state index in [0.717, 1.165) is 0 Å². The lowest BCUT2D eigenvalue weighted by molar-refractivity contribution is -0.354. The Bertz CT molecular complexity index is 816. The van der Waals surface area contributed by atoms with Crippen molar-refractivity contribution >= 4 is 23.5 Å². The molecular weight excluding hydrogens is 410 g/mol. The molecular formula is C18H22F4N5O3+. The second-order valence-electron chi connectivity index (χ2n) is 6.57. The van der Waals surface area contributed by atoms with Crippen LogP contribution in [0.4, 0.5) is 28.0 Å². The van der Waals surface area contributed by atoms with Gasteiger partial charge in [-0.2, -0.15) is 13.2 Å². The van der Waals surface area contributed by atoms with Crippen LogP contribution in [0.5, 0.6) is 0 Å². The number of amides is 2. The molecule has 8 nitrogen and oxygen atoms in total. The number of halogens is 4. The smallest absolute Gasteiger partial charge is 0.422 e. The summed E-state index contributed by atoms with van der Waals surface area (Å²) in [4.78, 5) is 27.3. The third-order valence-electron chi connectivity index (χ3n) is 4.25. The number of hydrogen-bond donors (Lipinski definition) is 4. The van der Waals surface area contributed by atoms with Crippen LogP contribution in [0.1, 0.15) is 12.8 Å². The molecule has 12 heteroatoms. The molecule has 0 aliphatic carbocycles. The third kappa shape index (κ3) is 7.26. The highest BCUT2D eigenvalue weighted by Crippen LogP contribution is 2.17. The number of primary amides is 1. The van der Waals surface area contributed by atoms with E-state index in [9.17, 15) is 27.2 Å². The van der Waals surface area contributed by atoms with Crippen molar-refractivity contribution in [3.63, 3.8) is 0 Å². The number of nitrogens with zero attached hydrogens (tertiary/aromatic N) is 1. The van der Waals surface area contributed by atoms with Gasteiger partial charge in [-0.25, -0.2) is 14.2 Å². The maximum absolute atomic E-state index is 13.0. The average molecular weight is 432 g/mol. The van der Waals surface area contributed by atoms with Crippen LogP contribution in [-0.4, -0.2) is 54.7 Å². The van der Waals surface area contributed by atoms with Gasteiger partial charge in [0.05, 0.1) is 0 Å². The largest absolute Gasteiger partial charge is 0.440 e. The van der Waals surface area contributed by atoms with Gasteiger partial charge in [-0.05, 0) is 37.1 Å². The standard InChI is InChI=1S/C18H21F4N5O3/c19-11-1-3-13(4-2-11)26-15(23)14(16(24)28)9-25-12-5-7-27(8-6-12)17(29)30-10-18(20,21)22/h1-4,9,12,25H,5-8,10H2,(H2,23,26)(H2,24,28)/p+1/b14-9+. The SMILES string of the molecule is NC(=O)/C(=C/NC1CCN(C(=O)OCC(F)(F)F)CC1)C(N)=[NH+]c1ccc(F)cc1. The maximum atomic E-state index is 13.0. The van der Waals surface area contributed by atoms with E-state index in [-0.39, 0.29) is 30.5 Å². The Morgan fingerprint density at radius 3 is 2.33 bits per heavy atom. The Hall–Kier alpha value is -3.31. The van der Waals surface area contributed by atoms with Crippen molar-refractivity contribution in [3.8, 4) is 0 Å². The molecule has 164 valence electrons. The number of amidine groups is 1. The van der Waals surface area contributed by atoms with E-state index in [1.165, 1.54) is 35.4 Å². The fraction of sp³-hybridized carbons (Fsp3) is 0.389. The van der Waals surface area contributed by atoms with Crippen LogP contribution in [0, 0.1) is 5.82 Å². The number of carbonyl (C=O) groups excluding carboxylic acids is 2. The van der Waals surface area contributed by atoms with Crippen molar-refractivity contribution in [1.82, 2.24) is 10.2 Å². The number of ether oxygens (including phenoxy) is 1. The lowest BCUT2D eigenvalue weighted by Gasteiger charge is -2.31. The Morgan fingerprint density at radius 2 is 1.80 bits per heavy atom. The molecule has 1 saturated heterocycles. The minimum absolute atomic E-state index is 0.0358. The highest BCUT2D eigenvalue weighted by atomic mass is 19.4. The van der Waals surface area contributed by atoms with Crippen LogP contribution in [0.15, 0.2) is 36.0 Å². The van der Waals surface area contributed by atoms with E-state index in [1.54, 1.807) is 0 Å². The van der Waals surface area contributed by atoms with Gasteiger partial charge >= 0.3 is 12.3 Å². The van der Waals surface area contributed by atoms with Crippen LogP contribution >= 0.6 is 0 Å². The second-order valence-corrected chi connectivity index (χ2v) is 6.57. The zero-order valence-electron chi connectivity index (χ0n) is 15.8. The summed E-state index contributed by atoms with van der Waals surface area (Å²) >= 11 is 0. The molecule has 1 aliphatic heterocycles. The summed E-state index contributed by atoms with van der Waals surface area (Å²) in [6.07, 6.45) is -3.45. The molecule has 1 aromatic carbocycles. The van der Waals surface area contributed by atoms with Crippen LogP contribution in [0.2, 0.25) is 0 Å². The highest BCUT2D eigenvalue weighted by Gasteiger charge is 2.31. The summed E-state index contributed by atoms with van der Waals surface area (Å²) in [6, 6.07) is 5.14. The van der Waals surface area contributed by atoms with Gasteiger partial charge in [-0.1, -0.05) is 0 Å². The predicted octanol–water partition coefficient (Wildman–Crippen LogP) is 0.0171. The predicted molar refractivity (Wildman–Crippen MR) is 98.6 cm³/mol. The molecule has 0 radical (unpaired) electrons. The van der Waals surface area contributed by atoms with Gasteiger partial charge in [0.2, 0.25) is 0 Å². The monoisotopic (exact) mass is 432 g/mol. The molecule has 0 aromatic heterocycles. The molecule has 0 atom stereocenters. The number of alkyl halides is 3. The fourth-order valence-corrected chi connectivity index (χ4v) is 2.70. The summed E-state index contributed by atoms with van der Waals surface area (Å²) in [6.45, 7) is -1.27. The number of piperidine rings is 1. The van der Waals surface area contributed by atoms with Gasteiger partial charge < -0.3 is 20.7 Å². The van der Waals surface area contributed by atoms with E-state index in [2.05, 4.69) is 15.0 Å². The second kappa shape index (κ2) is 9.94. The van der Waals surface area contributed by atoms with E-state index < -0.39 is 30.6 Å². The number of hydrogen-bond acceptors (Lipinski definition) is 4. The topological polar surface area (TPSA) is 125 Å². The van der Waals surface area contributed by atoms with Gasteiger partial charge in [0.15, 0.2) is 6.61 Å². The summed E-state index contributed by atoms with van der Waals surface area (Å²) < 4.78 is 53.6. The molecule has 0 spiro atoms. The van der Waals surface area contributed by atoms with E-state index in [4.69, 9.17) is 11.5 Å². The third-order valence-corrected chi connectivity index (χ3v) is 4.25. The summed E-state index contributed by atoms with van der Waals surface area (Å²) in [7, 11) is 0. The molecule has 1 fully saturated rings. The van der Waals surface area contributed by atoms with Crippen molar-refractivity contribution < 1.29 is 36.9 Å². The number of benzene rings is 1. The van der Waals surface area contributed by atoms with Crippen molar-refractivity contribution in [2.75, 3.05) is 19.7 Å². The summed E-state index contributed by atoms with van der Waals surface area (Å²) in [5.74, 6) is -1.28. The van der Waals surface area contributed by atoms with E-state index in [1.807, 2.05) is 0 Å². The van der Waals surface area contributed by atoms with Crippen LogP contribution in [0.3, 0.4) is 0 Å². The lowest BCUT2D eigenvalue weighted by atomic mass is 10.1. The quantitative estimate of drug-likeness (QED) is 0.218. The number of likely N-dealkylation sites (tertiary alicyclic amines) is 1. The zero-order valence-corrected chi connectivity index (χ0v) is 15.8. The number of rotatable bonds is 6. The first kappa shape index (κ1) is 23.0. The summed E-state index contributed by atoms with van der Waals surface area (Å²) in [5, 5.41) is 2.97. The minimum atomic E-state index is -4.58. The molecule has 30 heavy (non-hydrogen) atoms. The van der Waals surface area contributed by atoms with Gasteiger partial charge in [0, 0.05) is 25.3 Å². The van der Waals surface area contributed by atoms with Crippen LogP contribution in [0.25, 0.3) is 0 Å².